The molecule has 6 nitrogen and oxygen atoms in total. The van der Waals surface area contributed by atoms with Crippen LogP contribution >= 0.6 is 0 Å². The van der Waals surface area contributed by atoms with Gasteiger partial charge in [0.05, 0.1) is 17.6 Å². The van der Waals surface area contributed by atoms with Crippen LogP contribution in [0.4, 0.5) is 0 Å². The quantitative estimate of drug-likeness (QED) is 0.200. The maximum Gasteiger partial charge on any atom is 0.164 e. The largest absolute Gasteiger partial charge is 0.456 e. The van der Waals surface area contributed by atoms with Crippen LogP contribution in [0.2, 0.25) is 0 Å². The van der Waals surface area contributed by atoms with Gasteiger partial charge < -0.3 is 8.98 Å². The van der Waals surface area contributed by atoms with E-state index in [4.69, 9.17) is 24.4 Å². The molecule has 1 aliphatic heterocycles. The second-order valence-electron chi connectivity index (χ2n) is 11.9. The molecule has 0 amide bonds. The zero-order valence-corrected chi connectivity index (χ0v) is 25.1. The highest BCUT2D eigenvalue weighted by Gasteiger charge is 2.24. The van der Waals surface area contributed by atoms with Crippen LogP contribution in [0.3, 0.4) is 0 Å². The first kappa shape index (κ1) is 25.9. The van der Waals surface area contributed by atoms with Gasteiger partial charge in [-0.2, -0.15) is 0 Å². The van der Waals surface area contributed by atoms with Gasteiger partial charge in [0.2, 0.25) is 0 Å². The smallest absolute Gasteiger partial charge is 0.164 e. The lowest BCUT2D eigenvalue weighted by atomic mass is 9.95. The molecule has 6 heteroatoms. The van der Waals surface area contributed by atoms with Crippen molar-refractivity contribution in [2.24, 2.45) is 0 Å². The maximum atomic E-state index is 6.43. The number of aromatic nitrogens is 5. The summed E-state index contributed by atoms with van der Waals surface area (Å²) in [6.45, 7) is 0.768. The van der Waals surface area contributed by atoms with E-state index in [9.17, 15) is 0 Å². The first-order chi connectivity index (χ1) is 23.3. The fraction of sp³-hybridized carbons (Fsp3) is 0.0244. The molecule has 0 spiro atoms. The normalized spacial score (nSPS) is 12.2. The zero-order chi connectivity index (χ0) is 30.9. The fourth-order valence-corrected chi connectivity index (χ4v) is 6.95. The average molecular weight is 604 g/mol. The molecule has 0 saturated carbocycles. The van der Waals surface area contributed by atoms with Gasteiger partial charge in [-0.3, -0.25) is 0 Å². The lowest BCUT2D eigenvalue weighted by molar-refractivity contribution is 0.669. The number of imidazole rings is 1. The summed E-state index contributed by atoms with van der Waals surface area (Å²) >= 11 is 0. The number of para-hydroxylation sites is 1. The Morgan fingerprint density at radius 2 is 1.15 bits per heavy atom. The van der Waals surface area contributed by atoms with Gasteiger partial charge in [-0.25, -0.2) is 19.9 Å². The van der Waals surface area contributed by atoms with E-state index in [-0.39, 0.29) is 0 Å². The molecular weight excluding hydrogens is 578 g/mol. The maximum absolute atomic E-state index is 6.43. The van der Waals surface area contributed by atoms with Crippen LogP contribution in [0.25, 0.3) is 89.7 Å². The molecule has 0 atom stereocenters. The molecule has 3 aromatic heterocycles. The Hall–Kier alpha value is -6.40. The van der Waals surface area contributed by atoms with Crippen LogP contribution < -0.4 is 0 Å². The molecule has 0 bridgehead atoms. The van der Waals surface area contributed by atoms with Crippen LogP contribution in [-0.4, -0.2) is 24.5 Å². The fourth-order valence-electron chi connectivity index (χ4n) is 6.95. The molecule has 0 unspecified atom stereocenters. The number of nitrogens with zero attached hydrogens (tertiary/aromatic N) is 5. The molecule has 0 aliphatic carbocycles. The van der Waals surface area contributed by atoms with Crippen molar-refractivity contribution in [3.8, 4) is 56.7 Å². The van der Waals surface area contributed by atoms with Crippen molar-refractivity contribution in [3.63, 3.8) is 0 Å². The van der Waals surface area contributed by atoms with Gasteiger partial charge in [-0.1, -0.05) is 109 Å². The SMILES string of the molecule is c1ccc(-c2nc(-c3ccccc3)nc(-c3cccc4oc5ccc(-c6nc7cccc8c7n6Cc6ccccc6-8)cc5c34)n2)cc1. The van der Waals surface area contributed by atoms with Crippen molar-refractivity contribution in [1.82, 2.24) is 24.5 Å². The summed E-state index contributed by atoms with van der Waals surface area (Å²) in [7, 11) is 0. The molecule has 10 rings (SSSR count). The van der Waals surface area contributed by atoms with Crippen molar-refractivity contribution >= 4 is 33.0 Å². The highest BCUT2D eigenvalue weighted by Crippen LogP contribution is 2.41. The average Bonchev–Trinajstić information content (AvgIpc) is 3.71. The Labute approximate surface area is 269 Å². The van der Waals surface area contributed by atoms with Crippen LogP contribution in [0, 0.1) is 0 Å². The lowest BCUT2D eigenvalue weighted by Crippen LogP contribution is -2.08. The Balaban J connectivity index is 1.19. The van der Waals surface area contributed by atoms with Crippen molar-refractivity contribution in [1.29, 1.82) is 0 Å². The Morgan fingerprint density at radius 1 is 0.489 bits per heavy atom. The lowest BCUT2D eigenvalue weighted by Gasteiger charge is -2.20. The highest BCUT2D eigenvalue weighted by atomic mass is 16.3. The summed E-state index contributed by atoms with van der Waals surface area (Å²) < 4.78 is 8.78. The zero-order valence-electron chi connectivity index (χ0n) is 25.1. The minimum Gasteiger partial charge on any atom is -0.456 e. The van der Waals surface area contributed by atoms with Gasteiger partial charge in [0.1, 0.15) is 17.0 Å². The summed E-state index contributed by atoms with van der Waals surface area (Å²) in [6, 6.07) is 47.6. The number of benzene rings is 6. The third-order valence-electron chi connectivity index (χ3n) is 9.10. The first-order valence-corrected chi connectivity index (χ1v) is 15.7. The number of furan rings is 1. The highest BCUT2D eigenvalue weighted by molar-refractivity contribution is 6.13. The van der Waals surface area contributed by atoms with Gasteiger partial charge in [-0.15, -0.1) is 0 Å². The first-order valence-electron chi connectivity index (χ1n) is 15.7. The number of rotatable bonds is 4. The van der Waals surface area contributed by atoms with Gasteiger partial charge in [0.15, 0.2) is 17.5 Å². The minimum absolute atomic E-state index is 0.597. The summed E-state index contributed by atoms with van der Waals surface area (Å²) in [5.41, 5.74) is 11.3. The Bertz CT molecular complexity index is 2600. The van der Waals surface area contributed by atoms with E-state index < -0.39 is 0 Å². The number of hydrogen-bond acceptors (Lipinski definition) is 5. The predicted octanol–water partition coefficient (Wildman–Crippen LogP) is 9.82. The Kier molecular flexibility index (Phi) is 5.54. The van der Waals surface area contributed by atoms with Crippen LogP contribution in [0.5, 0.6) is 0 Å². The van der Waals surface area contributed by atoms with Crippen molar-refractivity contribution in [2.45, 2.75) is 6.54 Å². The number of hydrogen-bond donors (Lipinski definition) is 0. The van der Waals surface area contributed by atoms with Crippen LogP contribution in [-0.2, 0) is 6.54 Å². The summed E-state index contributed by atoms with van der Waals surface area (Å²) in [6.07, 6.45) is 0. The van der Waals surface area contributed by atoms with Crippen LogP contribution in [0.1, 0.15) is 5.56 Å². The standard InChI is InChI=1S/C41H25N5O/c1-3-11-25(12-4-1)38-43-39(26-13-5-2-6-14-26)45-40(44-38)31-18-10-20-35-36(31)32-23-27(21-22-34(32)47-35)41-42-33-19-9-17-30-29-16-8-7-15-28(29)24-46(41)37(30)33/h1-23H,24H2. The second kappa shape index (κ2) is 10.1. The molecule has 47 heavy (non-hydrogen) atoms. The van der Waals surface area contributed by atoms with E-state index >= 15 is 0 Å². The summed E-state index contributed by atoms with van der Waals surface area (Å²) in [5, 5.41) is 1.96. The van der Waals surface area contributed by atoms with Gasteiger partial charge in [0, 0.05) is 38.6 Å². The number of fused-ring (bicyclic) bond motifs is 5. The molecule has 0 radical (unpaired) electrons. The molecule has 0 N–H and O–H groups in total. The molecule has 6 aromatic carbocycles. The van der Waals surface area contributed by atoms with Crippen molar-refractivity contribution in [2.75, 3.05) is 0 Å². The monoisotopic (exact) mass is 603 g/mol. The van der Waals surface area contributed by atoms with Crippen molar-refractivity contribution < 1.29 is 4.42 Å². The summed E-state index contributed by atoms with van der Waals surface area (Å²) in [5.74, 6) is 2.78. The van der Waals surface area contributed by atoms with E-state index in [1.807, 2.05) is 72.8 Å². The molecule has 9 aromatic rings. The van der Waals surface area contributed by atoms with E-state index in [1.165, 1.54) is 22.2 Å². The third-order valence-corrected chi connectivity index (χ3v) is 9.10. The van der Waals surface area contributed by atoms with E-state index in [2.05, 4.69) is 71.3 Å². The van der Waals surface area contributed by atoms with Crippen LogP contribution in [0.15, 0.2) is 144 Å². The predicted molar refractivity (Wildman–Crippen MR) is 187 cm³/mol. The molecule has 1 aliphatic rings. The Morgan fingerprint density at radius 3 is 1.94 bits per heavy atom. The van der Waals surface area contributed by atoms with Gasteiger partial charge >= 0.3 is 0 Å². The van der Waals surface area contributed by atoms with E-state index in [0.29, 0.717) is 17.5 Å². The molecule has 220 valence electrons. The second-order valence-corrected chi connectivity index (χ2v) is 11.9. The van der Waals surface area contributed by atoms with E-state index in [1.54, 1.807) is 0 Å². The van der Waals surface area contributed by atoms with Crippen molar-refractivity contribution in [3.05, 3.63) is 145 Å². The molecule has 0 saturated heterocycles. The van der Waals surface area contributed by atoms with E-state index in [0.717, 1.165) is 62.1 Å². The molecular formula is C41H25N5O. The topological polar surface area (TPSA) is 69.6 Å². The minimum atomic E-state index is 0.597. The summed E-state index contributed by atoms with van der Waals surface area (Å²) in [4.78, 5) is 20.1. The van der Waals surface area contributed by atoms with Gasteiger partial charge in [-0.05, 0) is 41.5 Å². The molecule has 4 heterocycles. The third kappa shape index (κ3) is 4.05. The van der Waals surface area contributed by atoms with Gasteiger partial charge in [0.25, 0.3) is 0 Å². The molecule has 0 fully saturated rings.